The molecular formula is C16H25ClN4O. The van der Waals surface area contributed by atoms with Crippen molar-refractivity contribution in [2.45, 2.75) is 32.2 Å². The number of anilines is 1. The van der Waals surface area contributed by atoms with Gasteiger partial charge in [0.25, 0.3) is 0 Å². The molecule has 0 bridgehead atoms. The molecule has 1 aromatic heterocycles. The number of rotatable bonds is 4. The summed E-state index contributed by atoms with van der Waals surface area (Å²) in [5.74, 6) is 2.39. The molecule has 0 saturated carbocycles. The Morgan fingerprint density at radius 1 is 1.32 bits per heavy atom. The second kappa shape index (κ2) is 7.11. The zero-order valence-electron chi connectivity index (χ0n) is 13.5. The van der Waals surface area contributed by atoms with Crippen molar-refractivity contribution < 1.29 is 4.74 Å². The molecule has 2 saturated heterocycles. The fourth-order valence-electron chi connectivity index (χ4n) is 3.47. The Hall–Kier alpha value is -0.910. The average Bonchev–Trinajstić information content (AvgIpc) is 2.99. The van der Waals surface area contributed by atoms with E-state index in [4.69, 9.17) is 16.3 Å². The smallest absolute Gasteiger partial charge is 0.134 e. The van der Waals surface area contributed by atoms with Gasteiger partial charge in [0.05, 0.1) is 6.61 Å². The van der Waals surface area contributed by atoms with Crippen LogP contribution in [0, 0.1) is 12.8 Å². The third-order valence-electron chi connectivity index (χ3n) is 4.80. The van der Waals surface area contributed by atoms with Crippen LogP contribution in [0.5, 0.6) is 0 Å². The molecule has 0 N–H and O–H groups in total. The molecule has 0 radical (unpaired) electrons. The first kappa shape index (κ1) is 16.0. The van der Waals surface area contributed by atoms with Gasteiger partial charge in [-0.15, -0.1) is 0 Å². The number of aromatic nitrogens is 2. The highest BCUT2D eigenvalue weighted by Crippen LogP contribution is 2.24. The van der Waals surface area contributed by atoms with Crippen molar-refractivity contribution in [1.82, 2.24) is 14.9 Å². The molecule has 1 atom stereocenters. The van der Waals surface area contributed by atoms with E-state index in [0.717, 1.165) is 43.9 Å². The average molecular weight is 325 g/mol. The molecule has 0 amide bonds. The maximum Gasteiger partial charge on any atom is 0.134 e. The minimum atomic E-state index is 0.521. The molecule has 5 nitrogen and oxygen atoms in total. The molecule has 6 heteroatoms. The Morgan fingerprint density at radius 3 is 2.73 bits per heavy atom. The first-order valence-corrected chi connectivity index (χ1v) is 8.54. The summed E-state index contributed by atoms with van der Waals surface area (Å²) in [6.45, 7) is 7.27. The minimum absolute atomic E-state index is 0.521. The number of likely N-dealkylation sites (tertiary alicyclic amines) is 1. The summed E-state index contributed by atoms with van der Waals surface area (Å²) >= 11 is 6.05. The van der Waals surface area contributed by atoms with Crippen LogP contribution in [0.1, 0.15) is 25.1 Å². The quantitative estimate of drug-likeness (QED) is 0.795. The predicted octanol–water partition coefficient (Wildman–Crippen LogP) is 2.38. The molecular weight excluding hydrogens is 300 g/mol. The van der Waals surface area contributed by atoms with Gasteiger partial charge in [-0.3, -0.25) is 0 Å². The standard InChI is InChI=1S/C16H25ClN4O/c1-12-18-15(17)9-16(19-12)20(2)14-3-6-21(7-4-14)10-13-5-8-22-11-13/h9,13-14H,3-8,10-11H2,1-2H3/t13-/m0/s1. The van der Waals surface area contributed by atoms with E-state index in [2.05, 4.69) is 26.8 Å². The summed E-state index contributed by atoms with van der Waals surface area (Å²) in [6, 6.07) is 2.39. The van der Waals surface area contributed by atoms with Gasteiger partial charge in [0.2, 0.25) is 0 Å². The maximum atomic E-state index is 6.05. The number of nitrogens with zero attached hydrogens (tertiary/aromatic N) is 4. The van der Waals surface area contributed by atoms with Crippen LogP contribution in [0.2, 0.25) is 5.15 Å². The van der Waals surface area contributed by atoms with Gasteiger partial charge >= 0.3 is 0 Å². The lowest BCUT2D eigenvalue weighted by molar-refractivity contribution is 0.152. The third kappa shape index (κ3) is 3.89. The van der Waals surface area contributed by atoms with Crippen LogP contribution >= 0.6 is 11.6 Å². The molecule has 0 aliphatic carbocycles. The number of piperidine rings is 1. The molecule has 1 aromatic rings. The highest BCUT2D eigenvalue weighted by atomic mass is 35.5. The normalized spacial score (nSPS) is 23.9. The van der Waals surface area contributed by atoms with Crippen molar-refractivity contribution in [1.29, 1.82) is 0 Å². The Balaban J connectivity index is 1.53. The molecule has 3 rings (SSSR count). The molecule has 0 unspecified atom stereocenters. The van der Waals surface area contributed by atoms with Crippen molar-refractivity contribution in [2.24, 2.45) is 5.92 Å². The zero-order valence-corrected chi connectivity index (χ0v) is 14.2. The lowest BCUT2D eigenvalue weighted by Gasteiger charge is -2.38. The van der Waals surface area contributed by atoms with Crippen LogP contribution in [-0.4, -0.2) is 60.8 Å². The summed E-state index contributed by atoms with van der Waals surface area (Å²) in [4.78, 5) is 13.5. The SMILES string of the molecule is Cc1nc(Cl)cc(N(C)C2CCN(C[C@@H]3CCOC3)CC2)n1. The number of ether oxygens (including phenoxy) is 1. The third-order valence-corrected chi connectivity index (χ3v) is 4.99. The fraction of sp³-hybridized carbons (Fsp3) is 0.750. The van der Waals surface area contributed by atoms with Crippen molar-refractivity contribution in [3.8, 4) is 0 Å². The van der Waals surface area contributed by atoms with Gasteiger partial charge < -0.3 is 14.5 Å². The summed E-state index contributed by atoms with van der Waals surface area (Å²) < 4.78 is 5.48. The van der Waals surface area contributed by atoms with Crippen LogP contribution in [0.25, 0.3) is 0 Å². The number of hydrogen-bond acceptors (Lipinski definition) is 5. The molecule has 0 spiro atoms. The van der Waals surface area contributed by atoms with Crippen LogP contribution in [-0.2, 0) is 4.74 Å². The highest BCUT2D eigenvalue weighted by molar-refractivity contribution is 6.29. The highest BCUT2D eigenvalue weighted by Gasteiger charge is 2.26. The minimum Gasteiger partial charge on any atom is -0.381 e. The second-order valence-corrected chi connectivity index (χ2v) is 6.86. The van der Waals surface area contributed by atoms with Crippen LogP contribution in [0.15, 0.2) is 6.07 Å². The van der Waals surface area contributed by atoms with E-state index in [1.165, 1.54) is 25.8 Å². The van der Waals surface area contributed by atoms with Gasteiger partial charge in [0.15, 0.2) is 0 Å². The topological polar surface area (TPSA) is 41.5 Å². The van der Waals surface area contributed by atoms with Crippen molar-refractivity contribution in [3.05, 3.63) is 17.0 Å². The van der Waals surface area contributed by atoms with E-state index in [1.807, 2.05) is 13.0 Å². The van der Waals surface area contributed by atoms with Crippen LogP contribution in [0.4, 0.5) is 5.82 Å². The Labute approximate surface area is 137 Å². The zero-order chi connectivity index (χ0) is 15.5. The van der Waals surface area contributed by atoms with Gasteiger partial charge in [0, 0.05) is 45.4 Å². The molecule has 122 valence electrons. The summed E-state index contributed by atoms with van der Waals surface area (Å²) in [7, 11) is 2.11. The van der Waals surface area contributed by atoms with Gasteiger partial charge in [-0.2, -0.15) is 0 Å². The van der Waals surface area contributed by atoms with Crippen molar-refractivity contribution >= 4 is 17.4 Å². The second-order valence-electron chi connectivity index (χ2n) is 6.47. The first-order chi connectivity index (χ1) is 10.6. The molecule has 2 aliphatic rings. The van der Waals surface area contributed by atoms with Crippen LogP contribution in [0.3, 0.4) is 0 Å². The Bertz CT molecular complexity index is 479. The number of aryl methyl sites for hydroxylation is 1. The summed E-state index contributed by atoms with van der Waals surface area (Å²) in [5.41, 5.74) is 0. The molecule has 2 fully saturated rings. The monoisotopic (exact) mass is 324 g/mol. The van der Waals surface area contributed by atoms with Crippen molar-refractivity contribution in [3.63, 3.8) is 0 Å². The van der Waals surface area contributed by atoms with Gasteiger partial charge in [-0.05, 0) is 32.1 Å². The van der Waals surface area contributed by atoms with Gasteiger partial charge in [0.1, 0.15) is 16.8 Å². The lowest BCUT2D eigenvalue weighted by atomic mass is 10.0. The molecule has 0 aromatic carbocycles. The Morgan fingerprint density at radius 2 is 2.09 bits per heavy atom. The number of hydrogen-bond donors (Lipinski definition) is 0. The first-order valence-electron chi connectivity index (χ1n) is 8.16. The fourth-order valence-corrected chi connectivity index (χ4v) is 3.69. The maximum absolute atomic E-state index is 6.05. The van der Waals surface area contributed by atoms with Crippen molar-refractivity contribution in [2.75, 3.05) is 44.8 Å². The van der Waals surface area contributed by atoms with Gasteiger partial charge in [-0.1, -0.05) is 11.6 Å². The van der Waals surface area contributed by atoms with E-state index >= 15 is 0 Å². The Kier molecular flexibility index (Phi) is 5.16. The van der Waals surface area contributed by atoms with E-state index < -0.39 is 0 Å². The lowest BCUT2D eigenvalue weighted by Crippen LogP contribution is -2.45. The van der Waals surface area contributed by atoms with Crippen LogP contribution < -0.4 is 4.90 Å². The van der Waals surface area contributed by atoms with E-state index in [-0.39, 0.29) is 0 Å². The van der Waals surface area contributed by atoms with E-state index in [9.17, 15) is 0 Å². The molecule has 2 aliphatic heterocycles. The number of halogens is 1. The summed E-state index contributed by atoms with van der Waals surface area (Å²) in [5, 5.41) is 0.521. The molecule has 3 heterocycles. The summed E-state index contributed by atoms with van der Waals surface area (Å²) in [6.07, 6.45) is 3.56. The predicted molar refractivity (Wildman–Crippen MR) is 88.6 cm³/mol. The van der Waals surface area contributed by atoms with E-state index in [1.54, 1.807) is 0 Å². The molecule has 22 heavy (non-hydrogen) atoms. The largest absolute Gasteiger partial charge is 0.381 e. The van der Waals surface area contributed by atoms with E-state index in [0.29, 0.717) is 11.2 Å². The van der Waals surface area contributed by atoms with Gasteiger partial charge in [-0.25, -0.2) is 9.97 Å².